The monoisotopic (exact) mass is 379 g/mol. The smallest absolute Gasteiger partial charge is 0.177 e. The van der Waals surface area contributed by atoms with Crippen molar-refractivity contribution in [1.82, 2.24) is 24.3 Å². The number of nitrogens with zero attached hydrogens (tertiary/aromatic N) is 5. The van der Waals surface area contributed by atoms with Gasteiger partial charge in [-0.15, -0.1) is 0 Å². The predicted molar refractivity (Wildman–Crippen MR) is 111 cm³/mol. The third-order valence-corrected chi connectivity index (χ3v) is 5.35. The second kappa shape index (κ2) is 9.28. The van der Waals surface area contributed by atoms with Crippen LogP contribution >= 0.6 is 0 Å². The summed E-state index contributed by atoms with van der Waals surface area (Å²) < 4.78 is 7.85. The molecule has 3 heterocycles. The van der Waals surface area contributed by atoms with E-state index in [0.29, 0.717) is 6.61 Å². The molecule has 3 aromatic rings. The summed E-state index contributed by atoms with van der Waals surface area (Å²) in [5.41, 5.74) is 3.32. The van der Waals surface area contributed by atoms with Crippen molar-refractivity contribution in [3.8, 4) is 0 Å². The molecule has 0 spiro atoms. The van der Waals surface area contributed by atoms with Crippen LogP contribution in [0.5, 0.6) is 0 Å². The van der Waals surface area contributed by atoms with Crippen molar-refractivity contribution in [2.24, 2.45) is 0 Å². The lowest BCUT2D eigenvalue weighted by Gasteiger charge is -2.34. The van der Waals surface area contributed by atoms with E-state index in [2.05, 4.69) is 55.7 Å². The van der Waals surface area contributed by atoms with Crippen LogP contribution in [0.1, 0.15) is 18.3 Å². The van der Waals surface area contributed by atoms with E-state index >= 15 is 0 Å². The minimum atomic E-state index is 0.703. The number of hydrogen-bond donors (Lipinski definition) is 0. The van der Waals surface area contributed by atoms with Crippen molar-refractivity contribution < 1.29 is 4.74 Å². The summed E-state index contributed by atoms with van der Waals surface area (Å²) in [4.78, 5) is 14.3. The second-order valence-corrected chi connectivity index (χ2v) is 7.26. The Bertz CT molecular complexity index is 871. The Balaban J connectivity index is 1.39. The molecule has 0 radical (unpaired) electrons. The number of piperazine rings is 1. The molecule has 2 aromatic heterocycles. The van der Waals surface area contributed by atoms with Crippen LogP contribution in [0.2, 0.25) is 0 Å². The van der Waals surface area contributed by atoms with Crippen molar-refractivity contribution in [2.45, 2.75) is 26.6 Å². The SMILES string of the molecule is CCOCCn1c(CN2CCN(Cc3ccccc3)CC2)nc2ncccc21. The first-order valence-electron chi connectivity index (χ1n) is 10.2. The van der Waals surface area contributed by atoms with Crippen molar-refractivity contribution in [2.75, 3.05) is 39.4 Å². The van der Waals surface area contributed by atoms with E-state index in [9.17, 15) is 0 Å². The molecule has 1 aliphatic rings. The van der Waals surface area contributed by atoms with Gasteiger partial charge in [-0.05, 0) is 24.6 Å². The third kappa shape index (κ3) is 4.58. The molecular weight excluding hydrogens is 350 g/mol. The number of imidazole rings is 1. The number of rotatable bonds is 8. The van der Waals surface area contributed by atoms with Crippen LogP contribution in [0, 0.1) is 0 Å². The van der Waals surface area contributed by atoms with Gasteiger partial charge in [-0.3, -0.25) is 9.80 Å². The van der Waals surface area contributed by atoms with Gasteiger partial charge in [0.15, 0.2) is 5.65 Å². The molecule has 1 aliphatic heterocycles. The number of aromatic nitrogens is 3. The molecule has 148 valence electrons. The molecule has 0 unspecified atom stereocenters. The highest BCUT2D eigenvalue weighted by Gasteiger charge is 2.20. The summed E-state index contributed by atoms with van der Waals surface area (Å²) in [6, 6.07) is 14.8. The Morgan fingerprint density at radius 1 is 0.929 bits per heavy atom. The van der Waals surface area contributed by atoms with Gasteiger partial charge >= 0.3 is 0 Å². The van der Waals surface area contributed by atoms with Crippen molar-refractivity contribution in [3.05, 3.63) is 60.0 Å². The van der Waals surface area contributed by atoms with E-state index in [1.807, 2.05) is 19.2 Å². The normalized spacial score (nSPS) is 16.0. The number of ether oxygens (including phenoxy) is 1. The lowest BCUT2D eigenvalue weighted by Crippen LogP contribution is -2.45. The second-order valence-electron chi connectivity index (χ2n) is 7.26. The van der Waals surface area contributed by atoms with Crippen LogP contribution in [0.15, 0.2) is 48.7 Å². The first-order valence-corrected chi connectivity index (χ1v) is 10.2. The van der Waals surface area contributed by atoms with Gasteiger partial charge in [-0.25, -0.2) is 9.97 Å². The fourth-order valence-electron chi connectivity index (χ4n) is 3.82. The lowest BCUT2D eigenvalue weighted by atomic mass is 10.2. The summed E-state index contributed by atoms with van der Waals surface area (Å²) >= 11 is 0. The molecule has 0 N–H and O–H groups in total. The Labute approximate surface area is 166 Å². The van der Waals surface area contributed by atoms with Crippen molar-refractivity contribution in [3.63, 3.8) is 0 Å². The van der Waals surface area contributed by atoms with Gasteiger partial charge in [0.05, 0.1) is 18.7 Å². The predicted octanol–water partition coefficient (Wildman–Crippen LogP) is 2.79. The average molecular weight is 380 g/mol. The van der Waals surface area contributed by atoms with E-state index in [-0.39, 0.29) is 0 Å². The van der Waals surface area contributed by atoms with Gasteiger partial charge in [0.1, 0.15) is 5.82 Å². The van der Waals surface area contributed by atoms with Crippen LogP contribution in [-0.2, 0) is 24.4 Å². The van der Waals surface area contributed by atoms with E-state index in [1.165, 1.54) is 5.56 Å². The molecular formula is C22H29N5O. The maximum Gasteiger partial charge on any atom is 0.177 e. The summed E-state index contributed by atoms with van der Waals surface area (Å²) in [5.74, 6) is 1.09. The Hall–Kier alpha value is -2.28. The quantitative estimate of drug-likeness (QED) is 0.563. The van der Waals surface area contributed by atoms with Gasteiger partial charge in [0, 0.05) is 52.1 Å². The topological polar surface area (TPSA) is 46.4 Å². The summed E-state index contributed by atoms with van der Waals surface area (Å²) in [6.07, 6.45) is 1.81. The van der Waals surface area contributed by atoms with Gasteiger partial charge in [-0.1, -0.05) is 30.3 Å². The zero-order valence-electron chi connectivity index (χ0n) is 16.6. The van der Waals surface area contributed by atoms with Crippen molar-refractivity contribution >= 4 is 11.2 Å². The zero-order valence-corrected chi connectivity index (χ0v) is 16.6. The molecule has 0 atom stereocenters. The van der Waals surface area contributed by atoms with Gasteiger partial charge < -0.3 is 9.30 Å². The molecule has 1 fully saturated rings. The largest absolute Gasteiger partial charge is 0.380 e. The molecule has 4 rings (SSSR count). The van der Waals surface area contributed by atoms with Crippen LogP contribution in [0.3, 0.4) is 0 Å². The number of benzene rings is 1. The van der Waals surface area contributed by atoms with Crippen LogP contribution in [0.25, 0.3) is 11.2 Å². The maximum atomic E-state index is 5.58. The van der Waals surface area contributed by atoms with E-state index in [0.717, 1.165) is 69.4 Å². The van der Waals surface area contributed by atoms with Crippen LogP contribution < -0.4 is 0 Å². The molecule has 1 aromatic carbocycles. The highest BCUT2D eigenvalue weighted by atomic mass is 16.5. The number of pyridine rings is 1. The summed E-state index contributed by atoms with van der Waals surface area (Å²) in [5, 5.41) is 0. The maximum absolute atomic E-state index is 5.58. The summed E-state index contributed by atoms with van der Waals surface area (Å²) in [6.45, 7) is 10.5. The molecule has 1 saturated heterocycles. The van der Waals surface area contributed by atoms with Gasteiger partial charge in [-0.2, -0.15) is 0 Å². The van der Waals surface area contributed by atoms with Crippen LogP contribution in [-0.4, -0.2) is 63.7 Å². The lowest BCUT2D eigenvalue weighted by molar-refractivity contribution is 0.116. The minimum absolute atomic E-state index is 0.703. The fourth-order valence-corrected chi connectivity index (χ4v) is 3.82. The Kier molecular flexibility index (Phi) is 6.31. The first-order chi connectivity index (χ1) is 13.8. The fraction of sp³-hybridized carbons (Fsp3) is 0.455. The summed E-state index contributed by atoms with van der Waals surface area (Å²) in [7, 11) is 0. The zero-order chi connectivity index (χ0) is 19.2. The first kappa shape index (κ1) is 19.1. The van der Waals surface area contributed by atoms with Crippen molar-refractivity contribution in [1.29, 1.82) is 0 Å². The van der Waals surface area contributed by atoms with Gasteiger partial charge in [0.25, 0.3) is 0 Å². The highest BCUT2D eigenvalue weighted by Crippen LogP contribution is 2.17. The standard InChI is InChI=1S/C22H29N5O/c1-2-28-16-15-27-20-9-6-10-23-22(20)24-21(27)18-26-13-11-25(12-14-26)17-19-7-4-3-5-8-19/h3-10H,2,11-18H2,1H3. The van der Waals surface area contributed by atoms with E-state index in [1.54, 1.807) is 0 Å². The molecule has 6 nitrogen and oxygen atoms in total. The van der Waals surface area contributed by atoms with E-state index < -0.39 is 0 Å². The highest BCUT2D eigenvalue weighted by molar-refractivity contribution is 5.71. The van der Waals surface area contributed by atoms with Gasteiger partial charge in [0.2, 0.25) is 0 Å². The number of fused-ring (bicyclic) bond motifs is 1. The minimum Gasteiger partial charge on any atom is -0.380 e. The molecule has 28 heavy (non-hydrogen) atoms. The Morgan fingerprint density at radius 3 is 2.43 bits per heavy atom. The van der Waals surface area contributed by atoms with E-state index in [4.69, 9.17) is 9.72 Å². The molecule has 0 amide bonds. The Morgan fingerprint density at radius 2 is 1.68 bits per heavy atom. The number of hydrogen-bond acceptors (Lipinski definition) is 5. The third-order valence-electron chi connectivity index (χ3n) is 5.35. The van der Waals surface area contributed by atoms with Crippen LogP contribution in [0.4, 0.5) is 0 Å². The molecule has 0 aliphatic carbocycles. The molecule has 0 bridgehead atoms. The molecule has 0 saturated carbocycles. The molecule has 6 heteroatoms. The average Bonchev–Trinajstić information content (AvgIpc) is 3.08.